The number of para-hydroxylation sites is 1. The summed E-state index contributed by atoms with van der Waals surface area (Å²) >= 11 is 0. The summed E-state index contributed by atoms with van der Waals surface area (Å²) < 4.78 is 5.36. The highest BCUT2D eigenvalue weighted by Crippen LogP contribution is 2.17. The quantitative estimate of drug-likeness (QED) is 0.307. The lowest BCUT2D eigenvalue weighted by molar-refractivity contribution is -0.128. The summed E-state index contributed by atoms with van der Waals surface area (Å²) in [5.74, 6) is -0.770. The number of carbonyl (C=O) groups excluding carboxylic acids is 3. The van der Waals surface area contributed by atoms with E-state index in [2.05, 4.69) is 20.9 Å². The Morgan fingerprint density at radius 2 is 1.64 bits per heavy atom. The Morgan fingerprint density at radius 3 is 2.33 bits per heavy atom. The molecule has 0 aliphatic carbocycles. The van der Waals surface area contributed by atoms with Crippen molar-refractivity contribution in [2.45, 2.75) is 71.7 Å². The van der Waals surface area contributed by atoms with Crippen LogP contribution in [0.5, 0.6) is 0 Å². The van der Waals surface area contributed by atoms with Gasteiger partial charge in [0.2, 0.25) is 11.8 Å². The number of rotatable bonds is 10. The second-order valence-corrected chi connectivity index (χ2v) is 11.0. The predicted octanol–water partition coefficient (Wildman–Crippen LogP) is 4.30. The molecule has 3 aromatic rings. The van der Waals surface area contributed by atoms with Crippen molar-refractivity contribution in [3.63, 3.8) is 0 Å². The van der Waals surface area contributed by atoms with E-state index < -0.39 is 35.6 Å². The molecule has 0 radical (unpaired) electrons. The van der Waals surface area contributed by atoms with Crippen molar-refractivity contribution in [2.75, 3.05) is 5.32 Å². The molecule has 0 fully saturated rings. The first-order chi connectivity index (χ1) is 18.4. The first kappa shape index (κ1) is 29.6. The first-order valence-electron chi connectivity index (χ1n) is 13.2. The van der Waals surface area contributed by atoms with Crippen LogP contribution in [0.15, 0.2) is 60.8 Å². The zero-order chi connectivity index (χ0) is 28.6. The number of nitrogens with one attached hydrogen (secondary N) is 3. The van der Waals surface area contributed by atoms with Gasteiger partial charge in [-0.05, 0) is 56.4 Å². The Morgan fingerprint density at radius 1 is 0.923 bits per heavy atom. The van der Waals surface area contributed by atoms with Gasteiger partial charge in [0.1, 0.15) is 17.7 Å². The van der Waals surface area contributed by atoms with E-state index in [1.165, 1.54) is 0 Å². The first-order valence-corrected chi connectivity index (χ1v) is 13.2. The number of fused-ring (bicyclic) bond motifs is 1. The second-order valence-electron chi connectivity index (χ2n) is 11.0. The van der Waals surface area contributed by atoms with Crippen molar-refractivity contribution in [3.8, 4) is 0 Å². The lowest BCUT2D eigenvalue weighted by atomic mass is 10.00. The van der Waals surface area contributed by atoms with Crippen LogP contribution in [-0.4, -0.2) is 40.6 Å². The Hall–Kier alpha value is -3.98. The smallest absolute Gasteiger partial charge is 0.408 e. The minimum Gasteiger partial charge on any atom is -0.444 e. The van der Waals surface area contributed by atoms with Crippen LogP contribution < -0.4 is 21.7 Å². The predicted molar refractivity (Wildman–Crippen MR) is 153 cm³/mol. The maximum Gasteiger partial charge on any atom is 0.408 e. The van der Waals surface area contributed by atoms with Gasteiger partial charge in [-0.15, -0.1) is 0 Å². The molecule has 0 bridgehead atoms. The van der Waals surface area contributed by atoms with Crippen molar-refractivity contribution in [2.24, 2.45) is 11.7 Å². The second kappa shape index (κ2) is 13.2. The molecule has 0 spiro atoms. The summed E-state index contributed by atoms with van der Waals surface area (Å²) in [4.78, 5) is 43.8. The van der Waals surface area contributed by atoms with E-state index in [9.17, 15) is 14.4 Å². The van der Waals surface area contributed by atoms with Crippen LogP contribution >= 0.6 is 0 Å². The summed E-state index contributed by atoms with van der Waals surface area (Å²) in [5.41, 5.74) is 8.17. The molecule has 2 atom stereocenters. The molecule has 1 heterocycles. The van der Waals surface area contributed by atoms with Gasteiger partial charge in [0.05, 0.1) is 17.4 Å². The van der Waals surface area contributed by atoms with Gasteiger partial charge in [0.25, 0.3) is 0 Å². The van der Waals surface area contributed by atoms with E-state index in [0.717, 1.165) is 22.0 Å². The molecule has 208 valence electrons. The number of anilines is 1. The fourth-order valence-corrected chi connectivity index (χ4v) is 4.12. The summed E-state index contributed by atoms with van der Waals surface area (Å²) in [6.45, 7) is 9.51. The van der Waals surface area contributed by atoms with Crippen molar-refractivity contribution in [1.82, 2.24) is 15.6 Å². The molecule has 9 nitrogen and oxygen atoms in total. The average molecular weight is 534 g/mol. The molecule has 0 saturated heterocycles. The van der Waals surface area contributed by atoms with Crippen LogP contribution in [0.25, 0.3) is 10.9 Å². The monoisotopic (exact) mass is 533 g/mol. The lowest BCUT2D eigenvalue weighted by Gasteiger charge is -2.26. The van der Waals surface area contributed by atoms with Gasteiger partial charge in [-0.3, -0.25) is 14.6 Å². The number of nitrogens with zero attached hydrogens (tertiary/aromatic N) is 1. The zero-order valence-electron chi connectivity index (χ0n) is 23.3. The van der Waals surface area contributed by atoms with E-state index in [0.29, 0.717) is 18.7 Å². The van der Waals surface area contributed by atoms with Crippen molar-refractivity contribution in [3.05, 3.63) is 71.9 Å². The van der Waals surface area contributed by atoms with Gasteiger partial charge in [0, 0.05) is 18.4 Å². The minimum absolute atomic E-state index is 0.105. The number of carbonyl (C=O) groups is 3. The van der Waals surface area contributed by atoms with Gasteiger partial charge >= 0.3 is 6.09 Å². The number of amides is 3. The third kappa shape index (κ3) is 9.37. The summed E-state index contributed by atoms with van der Waals surface area (Å²) in [5, 5.41) is 9.30. The number of ether oxygens (including phenoxy) is 1. The molecule has 0 unspecified atom stereocenters. The minimum atomic E-state index is -0.924. The van der Waals surface area contributed by atoms with Crippen LogP contribution in [0.3, 0.4) is 0 Å². The summed E-state index contributed by atoms with van der Waals surface area (Å²) in [6, 6.07) is 15.2. The average Bonchev–Trinajstić information content (AvgIpc) is 2.86. The Kier molecular flexibility index (Phi) is 10.0. The van der Waals surface area contributed by atoms with Crippen LogP contribution in [-0.2, 0) is 27.3 Å². The summed E-state index contributed by atoms with van der Waals surface area (Å²) in [7, 11) is 0. The van der Waals surface area contributed by atoms with E-state index in [4.69, 9.17) is 10.5 Å². The number of nitrogens with two attached hydrogens (primary N) is 1. The zero-order valence-corrected chi connectivity index (χ0v) is 23.3. The summed E-state index contributed by atoms with van der Waals surface area (Å²) in [6.07, 6.45) is 1.49. The van der Waals surface area contributed by atoms with E-state index in [1.807, 2.05) is 68.4 Å². The Labute approximate surface area is 229 Å². The fraction of sp³-hybridized carbons (Fsp3) is 0.400. The molecule has 1 aromatic heterocycles. The molecule has 3 amide bonds. The molecular formula is C30H39N5O4. The fourth-order valence-electron chi connectivity index (χ4n) is 4.12. The highest BCUT2D eigenvalue weighted by atomic mass is 16.6. The number of aromatic nitrogens is 1. The number of pyridine rings is 1. The third-order valence-corrected chi connectivity index (χ3v) is 5.87. The van der Waals surface area contributed by atoms with Gasteiger partial charge in [-0.1, -0.05) is 56.3 Å². The molecule has 0 aliphatic rings. The molecule has 0 saturated carbocycles. The van der Waals surface area contributed by atoms with Gasteiger partial charge in [-0.2, -0.15) is 0 Å². The van der Waals surface area contributed by atoms with Gasteiger partial charge in [-0.25, -0.2) is 4.79 Å². The molecule has 3 rings (SSSR count). The van der Waals surface area contributed by atoms with Crippen molar-refractivity contribution < 1.29 is 19.1 Å². The van der Waals surface area contributed by atoms with Crippen molar-refractivity contribution in [1.29, 1.82) is 0 Å². The Balaban J connectivity index is 1.83. The lowest BCUT2D eigenvalue weighted by Crippen LogP contribution is -2.54. The van der Waals surface area contributed by atoms with Crippen LogP contribution in [0.1, 0.15) is 52.2 Å². The number of alkyl carbamates (subject to hydrolysis) is 1. The molecule has 39 heavy (non-hydrogen) atoms. The van der Waals surface area contributed by atoms with Crippen LogP contribution in [0.2, 0.25) is 0 Å². The van der Waals surface area contributed by atoms with Crippen LogP contribution in [0.4, 0.5) is 10.5 Å². The largest absolute Gasteiger partial charge is 0.444 e. The maximum atomic E-state index is 13.5. The maximum absolute atomic E-state index is 13.5. The number of hydrogen-bond acceptors (Lipinski definition) is 6. The standard InChI is InChI=1S/C30H39N5O4/c1-19(2)13-25(35-29(38)39-30(3,4)5)28(37)34-26(15-20-9-8-10-21(14-20)17-31)27(36)33-23-16-22-11-6-7-12-24(22)32-18-23/h6-12,14,16,18-19,25-26H,13,15,17,31H2,1-5H3,(H,33,36)(H,34,37)(H,35,38)/t25-,26+/m0/s1. The Bertz CT molecular complexity index is 1300. The molecule has 0 aliphatic heterocycles. The molecular weight excluding hydrogens is 494 g/mol. The highest BCUT2D eigenvalue weighted by Gasteiger charge is 2.29. The van der Waals surface area contributed by atoms with Gasteiger partial charge in [0.15, 0.2) is 0 Å². The molecule has 5 N–H and O–H groups in total. The normalized spacial score (nSPS) is 13.0. The van der Waals surface area contributed by atoms with E-state index in [1.54, 1.807) is 27.0 Å². The molecule has 9 heteroatoms. The number of benzene rings is 2. The van der Waals surface area contributed by atoms with Crippen molar-refractivity contribution >= 4 is 34.5 Å². The number of hydrogen-bond donors (Lipinski definition) is 4. The third-order valence-electron chi connectivity index (χ3n) is 5.87. The van der Waals surface area contributed by atoms with Gasteiger partial charge < -0.3 is 26.4 Å². The topological polar surface area (TPSA) is 135 Å². The SMILES string of the molecule is CC(C)C[C@H](NC(=O)OC(C)(C)C)C(=O)N[C@H](Cc1cccc(CN)c1)C(=O)Nc1cnc2ccccc2c1. The van der Waals surface area contributed by atoms with E-state index in [-0.39, 0.29) is 12.3 Å². The highest BCUT2D eigenvalue weighted by molar-refractivity contribution is 5.99. The van der Waals surface area contributed by atoms with Crippen LogP contribution in [0, 0.1) is 5.92 Å². The molecule has 2 aromatic carbocycles. The van der Waals surface area contributed by atoms with E-state index >= 15 is 0 Å².